The molecule has 94 valence electrons. The van der Waals surface area contributed by atoms with E-state index in [1.54, 1.807) is 7.05 Å². The van der Waals surface area contributed by atoms with Crippen LogP contribution in [0.4, 0.5) is 0 Å². The van der Waals surface area contributed by atoms with Gasteiger partial charge in [-0.25, -0.2) is 0 Å². The van der Waals surface area contributed by atoms with E-state index in [-0.39, 0.29) is 12.0 Å². The number of β-amino-alcohol motifs (C(OH)–C–C–N with tert-alkyl or cyclic N) is 1. The first-order chi connectivity index (χ1) is 7.72. The van der Waals surface area contributed by atoms with Crippen molar-refractivity contribution in [2.75, 3.05) is 39.8 Å². The molecule has 0 bridgehead atoms. The highest BCUT2D eigenvalue weighted by Gasteiger charge is 2.15. The Labute approximate surface area is 97.2 Å². The summed E-state index contributed by atoms with van der Waals surface area (Å²) in [6, 6.07) is 0. The predicted molar refractivity (Wildman–Crippen MR) is 63.2 cm³/mol. The van der Waals surface area contributed by atoms with Gasteiger partial charge in [0.2, 0.25) is 5.91 Å². The molecule has 1 unspecified atom stereocenters. The van der Waals surface area contributed by atoms with Crippen molar-refractivity contribution in [3.63, 3.8) is 0 Å². The van der Waals surface area contributed by atoms with Crippen LogP contribution >= 0.6 is 0 Å². The van der Waals surface area contributed by atoms with E-state index in [9.17, 15) is 9.90 Å². The van der Waals surface area contributed by atoms with E-state index in [1.165, 1.54) is 12.8 Å². The highest BCUT2D eigenvalue weighted by molar-refractivity contribution is 5.75. The molecule has 1 atom stereocenters. The van der Waals surface area contributed by atoms with Gasteiger partial charge >= 0.3 is 0 Å². The number of nitrogens with zero attached hydrogens (tertiary/aromatic N) is 1. The van der Waals surface area contributed by atoms with Crippen molar-refractivity contribution < 1.29 is 9.90 Å². The van der Waals surface area contributed by atoms with Gasteiger partial charge in [-0.05, 0) is 25.9 Å². The second-order valence-electron chi connectivity index (χ2n) is 4.29. The maximum Gasteiger partial charge on any atom is 0.221 e. The monoisotopic (exact) mass is 229 g/mol. The Morgan fingerprint density at radius 2 is 2.12 bits per heavy atom. The number of aliphatic hydroxyl groups excluding tert-OH is 1. The first kappa shape index (κ1) is 13.4. The molecule has 0 saturated carbocycles. The number of hydrogen-bond donors (Lipinski definition) is 3. The molecule has 1 aliphatic heterocycles. The zero-order chi connectivity index (χ0) is 11.8. The maximum atomic E-state index is 10.9. The van der Waals surface area contributed by atoms with Gasteiger partial charge in [0, 0.05) is 33.1 Å². The Hall–Kier alpha value is -0.650. The second kappa shape index (κ2) is 7.60. The third-order valence-corrected chi connectivity index (χ3v) is 2.86. The fourth-order valence-electron chi connectivity index (χ4n) is 1.92. The Bertz CT molecular complexity index is 205. The molecule has 1 amide bonds. The highest BCUT2D eigenvalue weighted by atomic mass is 16.3. The molecule has 0 radical (unpaired) electrons. The molecule has 1 rings (SSSR count). The summed E-state index contributed by atoms with van der Waals surface area (Å²) >= 11 is 0. The molecule has 0 aromatic heterocycles. The van der Waals surface area contributed by atoms with Crippen molar-refractivity contribution in [3.05, 3.63) is 0 Å². The summed E-state index contributed by atoms with van der Waals surface area (Å²) in [5, 5.41) is 15.4. The predicted octanol–water partition coefficient (Wildman–Crippen LogP) is -0.831. The van der Waals surface area contributed by atoms with Crippen molar-refractivity contribution in [2.24, 2.45) is 0 Å². The molecule has 0 aromatic rings. The number of rotatable bonds is 7. The molecular formula is C11H23N3O2. The largest absolute Gasteiger partial charge is 0.390 e. The zero-order valence-electron chi connectivity index (χ0n) is 10.0. The number of carbonyl (C=O) groups is 1. The first-order valence-electron chi connectivity index (χ1n) is 6.04. The molecule has 0 aliphatic carbocycles. The molecule has 5 nitrogen and oxygen atoms in total. The minimum Gasteiger partial charge on any atom is -0.390 e. The Balaban J connectivity index is 1.97. The van der Waals surface area contributed by atoms with E-state index in [0.29, 0.717) is 19.5 Å². The molecule has 3 N–H and O–H groups in total. The second-order valence-corrected chi connectivity index (χ2v) is 4.29. The minimum absolute atomic E-state index is 0.0292. The lowest BCUT2D eigenvalue weighted by Crippen LogP contribution is -2.38. The van der Waals surface area contributed by atoms with E-state index in [1.807, 2.05) is 0 Å². The molecule has 1 aliphatic rings. The number of carbonyl (C=O) groups excluding carboxylic acids is 1. The van der Waals surface area contributed by atoms with Crippen LogP contribution in [0.1, 0.15) is 19.3 Å². The van der Waals surface area contributed by atoms with Crippen LogP contribution in [0.25, 0.3) is 0 Å². The van der Waals surface area contributed by atoms with Gasteiger partial charge in [0.1, 0.15) is 0 Å². The van der Waals surface area contributed by atoms with Gasteiger partial charge in [0.05, 0.1) is 6.10 Å². The first-order valence-corrected chi connectivity index (χ1v) is 6.04. The van der Waals surface area contributed by atoms with Gasteiger partial charge in [-0.15, -0.1) is 0 Å². The number of hydrogen-bond acceptors (Lipinski definition) is 4. The van der Waals surface area contributed by atoms with Crippen LogP contribution in [-0.4, -0.2) is 61.8 Å². The van der Waals surface area contributed by atoms with Crippen LogP contribution in [0.3, 0.4) is 0 Å². The lowest BCUT2D eigenvalue weighted by atomic mass is 10.3. The van der Waals surface area contributed by atoms with Crippen molar-refractivity contribution in [3.8, 4) is 0 Å². The van der Waals surface area contributed by atoms with Gasteiger partial charge in [-0.1, -0.05) is 0 Å². The van der Waals surface area contributed by atoms with Gasteiger partial charge in [-0.2, -0.15) is 0 Å². The van der Waals surface area contributed by atoms with Crippen LogP contribution in [0.5, 0.6) is 0 Å². The fourth-order valence-corrected chi connectivity index (χ4v) is 1.92. The van der Waals surface area contributed by atoms with Crippen LogP contribution in [0.15, 0.2) is 0 Å². The summed E-state index contributed by atoms with van der Waals surface area (Å²) in [5.74, 6) is 0.0292. The minimum atomic E-state index is -0.331. The van der Waals surface area contributed by atoms with E-state index in [0.717, 1.165) is 19.6 Å². The summed E-state index contributed by atoms with van der Waals surface area (Å²) in [4.78, 5) is 13.2. The Morgan fingerprint density at radius 1 is 1.44 bits per heavy atom. The molecule has 1 fully saturated rings. The Kier molecular flexibility index (Phi) is 6.37. The van der Waals surface area contributed by atoms with Crippen molar-refractivity contribution in [2.45, 2.75) is 25.4 Å². The van der Waals surface area contributed by atoms with Crippen LogP contribution < -0.4 is 10.6 Å². The Morgan fingerprint density at radius 3 is 2.75 bits per heavy atom. The fraction of sp³-hybridized carbons (Fsp3) is 0.909. The topological polar surface area (TPSA) is 64.6 Å². The van der Waals surface area contributed by atoms with Gasteiger partial charge in [0.15, 0.2) is 0 Å². The average Bonchev–Trinajstić information content (AvgIpc) is 2.76. The van der Waals surface area contributed by atoms with Crippen molar-refractivity contribution >= 4 is 5.91 Å². The molecule has 1 heterocycles. The summed E-state index contributed by atoms with van der Waals surface area (Å²) < 4.78 is 0. The number of nitrogens with one attached hydrogen (secondary N) is 2. The van der Waals surface area contributed by atoms with Crippen LogP contribution in [0.2, 0.25) is 0 Å². The van der Waals surface area contributed by atoms with E-state index >= 15 is 0 Å². The summed E-state index contributed by atoms with van der Waals surface area (Å²) in [6.45, 7) is 4.14. The quantitative estimate of drug-likeness (QED) is 0.499. The van der Waals surface area contributed by atoms with Gasteiger partial charge < -0.3 is 20.6 Å². The van der Waals surface area contributed by atoms with Crippen LogP contribution in [0, 0.1) is 0 Å². The molecule has 0 spiro atoms. The summed E-state index contributed by atoms with van der Waals surface area (Å²) in [5.41, 5.74) is 0. The smallest absolute Gasteiger partial charge is 0.221 e. The van der Waals surface area contributed by atoms with E-state index < -0.39 is 0 Å². The summed E-state index contributed by atoms with van der Waals surface area (Å²) in [6.07, 6.45) is 2.63. The molecule has 1 saturated heterocycles. The van der Waals surface area contributed by atoms with Crippen LogP contribution in [-0.2, 0) is 4.79 Å². The number of aliphatic hydroxyl groups is 1. The van der Waals surface area contributed by atoms with Crippen molar-refractivity contribution in [1.82, 2.24) is 15.5 Å². The van der Waals surface area contributed by atoms with Crippen molar-refractivity contribution in [1.29, 1.82) is 0 Å². The van der Waals surface area contributed by atoms with E-state index in [4.69, 9.17) is 0 Å². The normalized spacial score (nSPS) is 18.6. The third-order valence-electron chi connectivity index (χ3n) is 2.86. The van der Waals surface area contributed by atoms with Gasteiger partial charge in [-0.3, -0.25) is 4.79 Å². The lowest BCUT2D eigenvalue weighted by Gasteiger charge is -2.19. The molecule has 16 heavy (non-hydrogen) atoms. The van der Waals surface area contributed by atoms with E-state index in [2.05, 4.69) is 15.5 Å². The zero-order valence-corrected chi connectivity index (χ0v) is 10.0. The average molecular weight is 229 g/mol. The maximum absolute atomic E-state index is 10.9. The summed E-state index contributed by atoms with van der Waals surface area (Å²) in [7, 11) is 1.63. The number of likely N-dealkylation sites (tertiary alicyclic amines) is 1. The van der Waals surface area contributed by atoms with Gasteiger partial charge in [0.25, 0.3) is 0 Å². The third kappa shape index (κ3) is 5.44. The standard InChI is InChI=1S/C11H23N3O2/c1-12-11(16)4-5-13-8-10(15)9-14-6-2-3-7-14/h10,13,15H,2-9H2,1H3,(H,12,16). The SMILES string of the molecule is CNC(=O)CCNCC(O)CN1CCCC1. The number of amides is 1. The molecule has 0 aromatic carbocycles. The molecule has 5 heteroatoms. The highest BCUT2D eigenvalue weighted by Crippen LogP contribution is 2.07. The lowest BCUT2D eigenvalue weighted by molar-refractivity contribution is -0.120. The molecular weight excluding hydrogens is 206 g/mol.